The van der Waals surface area contributed by atoms with E-state index in [0.717, 1.165) is 37.1 Å². The Labute approximate surface area is 167 Å². The Bertz CT molecular complexity index is 770. The molecule has 1 atom stereocenters. The van der Waals surface area contributed by atoms with E-state index in [1.807, 2.05) is 6.92 Å². The molecule has 0 aliphatic carbocycles. The lowest BCUT2D eigenvalue weighted by Crippen LogP contribution is -2.50. The summed E-state index contributed by atoms with van der Waals surface area (Å²) in [7, 11) is 0. The molecule has 152 valence electrons. The minimum absolute atomic E-state index is 0.0126. The molecular weight excluding hydrogens is 384 g/mol. The number of piperidine rings is 1. The second-order valence-corrected chi connectivity index (χ2v) is 7.61. The van der Waals surface area contributed by atoms with Gasteiger partial charge in [0.25, 0.3) is 5.69 Å². The second kappa shape index (κ2) is 10.1. The molecule has 1 heterocycles. The zero-order valence-electron chi connectivity index (χ0n) is 15.7. The number of nitrogens with two attached hydrogens (primary N) is 1. The van der Waals surface area contributed by atoms with Crippen LogP contribution in [0.4, 0.5) is 5.69 Å². The molecule has 0 saturated carbocycles. The highest BCUT2D eigenvalue weighted by atomic mass is 32.2. The zero-order valence-corrected chi connectivity index (χ0v) is 16.5. The lowest BCUT2D eigenvalue weighted by Gasteiger charge is -2.33. The van der Waals surface area contributed by atoms with Gasteiger partial charge < -0.3 is 16.0 Å². The summed E-state index contributed by atoms with van der Waals surface area (Å²) < 4.78 is 0. The van der Waals surface area contributed by atoms with Crippen LogP contribution in [0, 0.1) is 10.1 Å². The van der Waals surface area contributed by atoms with E-state index >= 15 is 0 Å². The van der Waals surface area contributed by atoms with E-state index in [4.69, 9.17) is 5.73 Å². The van der Waals surface area contributed by atoms with Crippen molar-refractivity contribution in [2.45, 2.75) is 43.5 Å². The van der Waals surface area contributed by atoms with E-state index in [0.29, 0.717) is 24.4 Å². The van der Waals surface area contributed by atoms with Gasteiger partial charge >= 0.3 is 0 Å². The van der Waals surface area contributed by atoms with Gasteiger partial charge in [0.1, 0.15) is 0 Å². The van der Waals surface area contributed by atoms with Gasteiger partial charge in [-0.05, 0) is 31.4 Å². The normalized spacial score (nSPS) is 16.5. The summed E-state index contributed by atoms with van der Waals surface area (Å²) in [6.45, 7) is 2.97. The van der Waals surface area contributed by atoms with Crippen LogP contribution in [0.1, 0.15) is 43.0 Å². The molecule has 0 aromatic heterocycles. The van der Waals surface area contributed by atoms with Crippen LogP contribution in [-0.4, -0.2) is 52.4 Å². The Kier molecular flexibility index (Phi) is 7.80. The minimum Gasteiger partial charge on any atom is -0.366 e. The van der Waals surface area contributed by atoms with Crippen molar-refractivity contribution >= 4 is 35.2 Å². The maximum Gasteiger partial charge on any atom is 0.283 e. The molecule has 9 nitrogen and oxygen atoms in total. The van der Waals surface area contributed by atoms with E-state index in [9.17, 15) is 24.5 Å². The standard InChI is InChI=1S/C18H24N4O5S/c1-2-4-16(23)20-13-5-3-8-21(10-13)17(24)11-28-15-7-6-12(18(19)25)9-14(15)22(26)27/h6-7,9,13H,2-5,8,10-11H2,1H3,(H2,19,25)(H,20,23). The van der Waals surface area contributed by atoms with Crippen LogP contribution in [0.2, 0.25) is 0 Å². The van der Waals surface area contributed by atoms with Gasteiger partial charge in [-0.3, -0.25) is 24.5 Å². The maximum absolute atomic E-state index is 12.5. The molecule has 3 N–H and O–H groups in total. The molecule has 3 amide bonds. The summed E-state index contributed by atoms with van der Waals surface area (Å²) in [5.41, 5.74) is 4.95. The molecular formula is C18H24N4O5S. The van der Waals surface area contributed by atoms with Crippen LogP contribution in [0.25, 0.3) is 0 Å². The van der Waals surface area contributed by atoms with Crippen molar-refractivity contribution in [3.05, 3.63) is 33.9 Å². The highest BCUT2D eigenvalue weighted by Gasteiger charge is 2.25. The number of amides is 3. The average molecular weight is 408 g/mol. The van der Waals surface area contributed by atoms with E-state index in [-0.39, 0.29) is 34.9 Å². The van der Waals surface area contributed by atoms with E-state index < -0.39 is 10.8 Å². The number of benzene rings is 1. The van der Waals surface area contributed by atoms with Crippen molar-refractivity contribution in [1.82, 2.24) is 10.2 Å². The van der Waals surface area contributed by atoms with E-state index in [1.165, 1.54) is 12.1 Å². The van der Waals surface area contributed by atoms with Gasteiger partial charge in [-0.1, -0.05) is 6.92 Å². The Balaban J connectivity index is 1.97. The van der Waals surface area contributed by atoms with Gasteiger partial charge in [-0.2, -0.15) is 0 Å². The molecule has 1 aromatic rings. The highest BCUT2D eigenvalue weighted by Crippen LogP contribution is 2.30. The monoisotopic (exact) mass is 408 g/mol. The van der Waals surface area contributed by atoms with Crippen LogP contribution in [-0.2, 0) is 9.59 Å². The van der Waals surface area contributed by atoms with Gasteiger partial charge in [0.2, 0.25) is 17.7 Å². The number of nitrogens with zero attached hydrogens (tertiary/aromatic N) is 2. The van der Waals surface area contributed by atoms with Crippen molar-refractivity contribution in [2.75, 3.05) is 18.8 Å². The van der Waals surface area contributed by atoms with E-state index in [2.05, 4.69) is 5.32 Å². The number of carbonyl (C=O) groups excluding carboxylic acids is 3. The first kappa shape index (κ1) is 21.7. The van der Waals surface area contributed by atoms with Crippen molar-refractivity contribution in [2.24, 2.45) is 5.73 Å². The number of likely N-dealkylation sites (tertiary alicyclic amines) is 1. The number of hydrogen-bond acceptors (Lipinski definition) is 6. The molecule has 1 aromatic carbocycles. The van der Waals surface area contributed by atoms with Gasteiger partial charge in [0.15, 0.2) is 0 Å². The summed E-state index contributed by atoms with van der Waals surface area (Å²) in [4.78, 5) is 48.1. The fourth-order valence-corrected chi connectivity index (χ4v) is 3.92. The van der Waals surface area contributed by atoms with Crippen molar-refractivity contribution in [3.63, 3.8) is 0 Å². The predicted octanol–water partition coefficient (Wildman–Crippen LogP) is 1.69. The van der Waals surface area contributed by atoms with Crippen LogP contribution in [0.3, 0.4) is 0 Å². The molecule has 2 rings (SSSR count). The Morgan fingerprint density at radius 2 is 2.14 bits per heavy atom. The fourth-order valence-electron chi connectivity index (χ4n) is 3.01. The third-order valence-electron chi connectivity index (χ3n) is 4.41. The van der Waals surface area contributed by atoms with Crippen molar-refractivity contribution < 1.29 is 19.3 Å². The average Bonchev–Trinajstić information content (AvgIpc) is 2.66. The third-order valence-corrected chi connectivity index (χ3v) is 5.46. The van der Waals surface area contributed by atoms with E-state index in [1.54, 1.807) is 4.90 Å². The van der Waals surface area contributed by atoms with Gasteiger partial charge in [-0.25, -0.2) is 0 Å². The molecule has 1 unspecified atom stereocenters. The molecule has 28 heavy (non-hydrogen) atoms. The summed E-state index contributed by atoms with van der Waals surface area (Å²) in [6, 6.07) is 3.89. The number of nitro groups is 1. The summed E-state index contributed by atoms with van der Waals surface area (Å²) in [5.74, 6) is -0.874. The number of thioether (sulfide) groups is 1. The topological polar surface area (TPSA) is 136 Å². The predicted molar refractivity (Wildman–Crippen MR) is 105 cm³/mol. The lowest BCUT2D eigenvalue weighted by molar-refractivity contribution is -0.387. The summed E-state index contributed by atoms with van der Waals surface area (Å²) >= 11 is 1.05. The number of rotatable bonds is 8. The van der Waals surface area contributed by atoms with Crippen LogP contribution >= 0.6 is 11.8 Å². The van der Waals surface area contributed by atoms with Gasteiger partial charge in [0, 0.05) is 37.2 Å². The SMILES string of the molecule is CCCC(=O)NC1CCCN(C(=O)CSc2ccc(C(N)=O)cc2[N+](=O)[O-])C1. The number of nitro benzene ring substituents is 1. The molecule has 0 spiro atoms. The first-order valence-corrected chi connectivity index (χ1v) is 10.1. The molecule has 1 aliphatic heterocycles. The molecule has 0 bridgehead atoms. The summed E-state index contributed by atoms with van der Waals surface area (Å²) in [5, 5.41) is 14.2. The van der Waals surface area contributed by atoms with Crippen molar-refractivity contribution in [1.29, 1.82) is 0 Å². The van der Waals surface area contributed by atoms with Crippen LogP contribution < -0.4 is 11.1 Å². The Hall–Kier alpha value is -2.62. The smallest absolute Gasteiger partial charge is 0.283 e. The molecule has 1 saturated heterocycles. The highest BCUT2D eigenvalue weighted by molar-refractivity contribution is 8.00. The lowest BCUT2D eigenvalue weighted by atomic mass is 10.1. The number of hydrogen-bond donors (Lipinski definition) is 2. The quantitative estimate of drug-likeness (QED) is 0.382. The Morgan fingerprint density at radius 1 is 1.39 bits per heavy atom. The molecule has 10 heteroatoms. The Morgan fingerprint density at radius 3 is 2.79 bits per heavy atom. The maximum atomic E-state index is 12.5. The van der Waals surface area contributed by atoms with Gasteiger partial charge in [0.05, 0.1) is 15.6 Å². The first-order chi connectivity index (χ1) is 13.3. The fraction of sp³-hybridized carbons (Fsp3) is 0.500. The number of primary amides is 1. The number of carbonyl (C=O) groups is 3. The minimum atomic E-state index is -0.750. The second-order valence-electron chi connectivity index (χ2n) is 6.59. The van der Waals surface area contributed by atoms with Gasteiger partial charge in [-0.15, -0.1) is 11.8 Å². The zero-order chi connectivity index (χ0) is 20.7. The summed E-state index contributed by atoms with van der Waals surface area (Å²) in [6.07, 6.45) is 2.85. The van der Waals surface area contributed by atoms with Crippen molar-refractivity contribution in [3.8, 4) is 0 Å². The largest absolute Gasteiger partial charge is 0.366 e. The van der Waals surface area contributed by atoms with Crippen LogP contribution in [0.15, 0.2) is 23.1 Å². The molecule has 0 radical (unpaired) electrons. The third kappa shape index (κ3) is 5.95. The first-order valence-electron chi connectivity index (χ1n) is 9.10. The molecule has 1 fully saturated rings. The number of nitrogens with one attached hydrogen (secondary N) is 1. The molecule has 1 aliphatic rings. The van der Waals surface area contributed by atoms with Crippen LogP contribution in [0.5, 0.6) is 0 Å².